The van der Waals surface area contributed by atoms with E-state index in [1.165, 1.54) is 123 Å². The standard InChI is InChI=1S/C60H36N2S2/c1-2-11-37(12-3-1)39-21-26-55-49(32-39)50-34-41(23-28-56(50)62(55)44-25-30-60-52(36-44)47-17-6-9-20-58(47)64-60)40-22-27-54-48(33-40)45-15-4-7-18-53(45)61(54)43-14-10-13-38(31-43)42-24-29-59-51(35-42)46-16-5-8-19-57(46)63-59/h1-36H. The average Bonchev–Trinajstić information content (AvgIpc) is 4.11. The summed E-state index contributed by atoms with van der Waals surface area (Å²) in [6.45, 7) is 0. The SMILES string of the molecule is c1ccc(-c2ccc3c(c2)c2cc(-c4ccc5c(c4)c4ccccc4n5-c4cccc(-c5ccc6sc7ccccc7c6c5)c4)ccc2n3-c2ccc3sc4ccccc4c3c2)cc1. The van der Waals surface area contributed by atoms with Crippen molar-refractivity contribution in [1.29, 1.82) is 0 Å². The van der Waals surface area contributed by atoms with Crippen LogP contribution in [0.25, 0.3) is 129 Å². The van der Waals surface area contributed by atoms with Crippen LogP contribution >= 0.6 is 22.7 Å². The molecule has 4 heteroatoms. The Labute approximate surface area is 376 Å². The maximum atomic E-state index is 2.46. The summed E-state index contributed by atoms with van der Waals surface area (Å²) >= 11 is 3.73. The van der Waals surface area contributed by atoms with Gasteiger partial charge in [-0.25, -0.2) is 0 Å². The highest BCUT2D eigenvalue weighted by Crippen LogP contribution is 2.42. The van der Waals surface area contributed by atoms with Gasteiger partial charge in [-0.3, -0.25) is 0 Å². The van der Waals surface area contributed by atoms with Gasteiger partial charge in [0.25, 0.3) is 0 Å². The van der Waals surface area contributed by atoms with Gasteiger partial charge < -0.3 is 9.13 Å². The molecule has 298 valence electrons. The maximum Gasteiger partial charge on any atom is 0.0541 e. The Kier molecular flexibility index (Phi) is 7.76. The van der Waals surface area contributed by atoms with Crippen LogP contribution in [0.15, 0.2) is 218 Å². The van der Waals surface area contributed by atoms with Crippen molar-refractivity contribution in [2.45, 2.75) is 0 Å². The van der Waals surface area contributed by atoms with Crippen molar-refractivity contribution in [2.75, 3.05) is 0 Å². The van der Waals surface area contributed by atoms with Gasteiger partial charge in [0, 0.05) is 73.3 Å². The van der Waals surface area contributed by atoms with Crippen LogP contribution < -0.4 is 0 Å². The average molecular weight is 849 g/mol. The van der Waals surface area contributed by atoms with Gasteiger partial charge in [0.15, 0.2) is 0 Å². The number of hydrogen-bond acceptors (Lipinski definition) is 2. The van der Waals surface area contributed by atoms with Crippen molar-refractivity contribution < 1.29 is 0 Å². The zero-order valence-corrected chi connectivity index (χ0v) is 36.1. The van der Waals surface area contributed by atoms with E-state index in [4.69, 9.17) is 0 Å². The minimum Gasteiger partial charge on any atom is -0.309 e. The second-order valence-corrected chi connectivity index (χ2v) is 19.1. The third-order valence-corrected chi connectivity index (χ3v) is 15.6. The lowest BCUT2D eigenvalue weighted by molar-refractivity contribution is 1.18. The molecule has 0 saturated heterocycles. The summed E-state index contributed by atoms with van der Waals surface area (Å²) in [6.07, 6.45) is 0. The lowest BCUT2D eigenvalue weighted by Gasteiger charge is -2.11. The molecule has 0 amide bonds. The molecular formula is C60H36N2S2. The maximum absolute atomic E-state index is 2.46. The summed E-state index contributed by atoms with van der Waals surface area (Å²) in [5.41, 5.74) is 14.4. The fourth-order valence-electron chi connectivity index (χ4n) is 10.3. The summed E-state index contributed by atoms with van der Waals surface area (Å²) < 4.78 is 10.2. The van der Waals surface area contributed by atoms with E-state index >= 15 is 0 Å². The van der Waals surface area contributed by atoms with Crippen LogP contribution in [0.1, 0.15) is 0 Å². The van der Waals surface area contributed by atoms with Crippen molar-refractivity contribution >= 4 is 107 Å². The molecular weight excluding hydrogens is 813 g/mol. The Balaban J connectivity index is 0.923. The molecule has 0 unspecified atom stereocenters. The smallest absolute Gasteiger partial charge is 0.0541 e. The normalized spacial score (nSPS) is 12.1. The molecule has 2 nitrogen and oxygen atoms in total. The molecule has 0 fully saturated rings. The van der Waals surface area contributed by atoms with Gasteiger partial charge in [0.05, 0.1) is 22.1 Å². The van der Waals surface area contributed by atoms with Crippen LogP contribution in [0.3, 0.4) is 0 Å². The van der Waals surface area contributed by atoms with E-state index in [-0.39, 0.29) is 0 Å². The minimum absolute atomic E-state index is 1.16. The first-order valence-electron chi connectivity index (χ1n) is 21.8. The van der Waals surface area contributed by atoms with Crippen LogP contribution in [-0.2, 0) is 0 Å². The van der Waals surface area contributed by atoms with Gasteiger partial charge in [-0.15, -0.1) is 22.7 Å². The third kappa shape index (κ3) is 5.43. The van der Waals surface area contributed by atoms with Crippen LogP contribution in [0.4, 0.5) is 0 Å². The summed E-state index contributed by atoms with van der Waals surface area (Å²) in [7, 11) is 0. The summed E-state index contributed by atoms with van der Waals surface area (Å²) in [5.74, 6) is 0. The molecule has 0 atom stereocenters. The fraction of sp³-hybridized carbons (Fsp3) is 0. The minimum atomic E-state index is 1.16. The number of para-hydroxylation sites is 1. The quantitative estimate of drug-likeness (QED) is 0.163. The predicted molar refractivity (Wildman–Crippen MR) is 277 cm³/mol. The number of fused-ring (bicyclic) bond motifs is 12. The molecule has 0 aliphatic rings. The second kappa shape index (κ2) is 13.9. The molecule has 64 heavy (non-hydrogen) atoms. The predicted octanol–water partition coefficient (Wildman–Crippen LogP) is 17.6. The van der Waals surface area contributed by atoms with Crippen LogP contribution in [0.2, 0.25) is 0 Å². The fourth-order valence-corrected chi connectivity index (χ4v) is 12.5. The van der Waals surface area contributed by atoms with E-state index < -0.39 is 0 Å². The third-order valence-electron chi connectivity index (χ3n) is 13.3. The number of hydrogen-bond donors (Lipinski definition) is 0. The first-order chi connectivity index (χ1) is 31.7. The highest BCUT2D eigenvalue weighted by Gasteiger charge is 2.18. The zero-order chi connectivity index (χ0) is 41.9. The zero-order valence-electron chi connectivity index (χ0n) is 34.5. The van der Waals surface area contributed by atoms with E-state index in [2.05, 4.69) is 228 Å². The van der Waals surface area contributed by atoms with Gasteiger partial charge in [0.2, 0.25) is 0 Å². The Bertz CT molecular complexity index is 4200. The molecule has 4 aromatic heterocycles. The number of rotatable bonds is 5. The summed E-state index contributed by atoms with van der Waals surface area (Å²) in [5, 5.41) is 10.2. The lowest BCUT2D eigenvalue weighted by atomic mass is 9.99. The van der Waals surface area contributed by atoms with Gasteiger partial charge in [-0.05, 0) is 130 Å². The summed E-state index contributed by atoms with van der Waals surface area (Å²) in [4.78, 5) is 0. The van der Waals surface area contributed by atoms with Crippen molar-refractivity contribution in [2.24, 2.45) is 0 Å². The van der Waals surface area contributed by atoms with Crippen molar-refractivity contribution in [1.82, 2.24) is 9.13 Å². The highest BCUT2D eigenvalue weighted by atomic mass is 32.1. The molecule has 0 saturated carbocycles. The highest BCUT2D eigenvalue weighted by molar-refractivity contribution is 7.26. The molecule has 14 aromatic rings. The van der Waals surface area contributed by atoms with Crippen LogP contribution in [0, 0.1) is 0 Å². The molecule has 0 radical (unpaired) electrons. The van der Waals surface area contributed by atoms with Crippen molar-refractivity contribution in [3.05, 3.63) is 218 Å². The Morgan fingerprint density at radius 3 is 1.27 bits per heavy atom. The molecule has 14 rings (SSSR count). The van der Waals surface area contributed by atoms with Crippen LogP contribution in [-0.4, -0.2) is 9.13 Å². The number of aromatic nitrogens is 2. The first kappa shape index (κ1) is 35.8. The van der Waals surface area contributed by atoms with Crippen molar-refractivity contribution in [3.63, 3.8) is 0 Å². The second-order valence-electron chi connectivity index (χ2n) is 16.9. The molecule has 0 aliphatic heterocycles. The molecule has 4 heterocycles. The lowest BCUT2D eigenvalue weighted by Crippen LogP contribution is -1.94. The molecule has 0 N–H and O–H groups in total. The monoisotopic (exact) mass is 848 g/mol. The number of benzene rings is 10. The van der Waals surface area contributed by atoms with Crippen molar-refractivity contribution in [3.8, 4) is 44.8 Å². The van der Waals surface area contributed by atoms with Gasteiger partial charge >= 0.3 is 0 Å². The number of thiophene rings is 2. The number of nitrogens with zero attached hydrogens (tertiary/aromatic N) is 2. The largest absolute Gasteiger partial charge is 0.309 e. The molecule has 0 aliphatic carbocycles. The van der Waals surface area contributed by atoms with Gasteiger partial charge in [0.1, 0.15) is 0 Å². The molecule has 0 bridgehead atoms. The van der Waals surface area contributed by atoms with Crippen LogP contribution in [0.5, 0.6) is 0 Å². The van der Waals surface area contributed by atoms with E-state index in [9.17, 15) is 0 Å². The first-order valence-corrected chi connectivity index (χ1v) is 23.4. The molecule has 10 aromatic carbocycles. The Hall–Kier alpha value is -7.76. The van der Waals surface area contributed by atoms with Gasteiger partial charge in [-0.1, -0.05) is 121 Å². The Morgan fingerprint density at radius 2 is 0.625 bits per heavy atom. The summed E-state index contributed by atoms with van der Waals surface area (Å²) in [6, 6.07) is 81.1. The van der Waals surface area contributed by atoms with Gasteiger partial charge in [-0.2, -0.15) is 0 Å². The van der Waals surface area contributed by atoms with E-state index in [0.717, 1.165) is 5.69 Å². The Morgan fingerprint density at radius 1 is 0.219 bits per heavy atom. The van der Waals surface area contributed by atoms with E-state index in [1.54, 1.807) is 0 Å². The van der Waals surface area contributed by atoms with E-state index in [1.807, 2.05) is 22.7 Å². The molecule has 0 spiro atoms. The van der Waals surface area contributed by atoms with E-state index in [0.29, 0.717) is 0 Å². The topological polar surface area (TPSA) is 9.86 Å².